The largest absolute Gasteiger partial charge is 0.507 e. The molecule has 1 unspecified atom stereocenters. The van der Waals surface area contributed by atoms with Crippen LogP contribution in [0.1, 0.15) is 17.2 Å². The SMILES string of the molecule is O=C1C(=O)N(c2ccc(Cl)cc2)C(c2ccccc2)/C1=C(/O)c1ccc2ccccc2c1. The topological polar surface area (TPSA) is 57.6 Å². The molecule has 4 nitrogen and oxygen atoms in total. The Morgan fingerprint density at radius 2 is 1.44 bits per heavy atom. The second kappa shape index (κ2) is 7.98. The highest BCUT2D eigenvalue weighted by Gasteiger charge is 2.46. The molecule has 1 heterocycles. The van der Waals surface area contributed by atoms with E-state index in [1.807, 2.05) is 66.7 Å². The number of rotatable bonds is 3. The van der Waals surface area contributed by atoms with E-state index < -0.39 is 17.7 Å². The first-order valence-electron chi connectivity index (χ1n) is 10.2. The molecular weight excluding hydrogens is 422 g/mol. The first-order valence-corrected chi connectivity index (χ1v) is 10.5. The molecule has 32 heavy (non-hydrogen) atoms. The van der Waals surface area contributed by atoms with Crippen molar-refractivity contribution in [3.05, 3.63) is 119 Å². The summed E-state index contributed by atoms with van der Waals surface area (Å²) in [5.41, 5.74) is 1.80. The fourth-order valence-electron chi connectivity index (χ4n) is 4.14. The van der Waals surface area contributed by atoms with Gasteiger partial charge in [-0.15, -0.1) is 0 Å². The highest BCUT2D eigenvalue weighted by Crippen LogP contribution is 2.42. The van der Waals surface area contributed by atoms with Crippen LogP contribution in [-0.4, -0.2) is 16.8 Å². The van der Waals surface area contributed by atoms with Crippen LogP contribution >= 0.6 is 11.6 Å². The number of hydrogen-bond donors (Lipinski definition) is 1. The Morgan fingerprint density at radius 3 is 2.16 bits per heavy atom. The van der Waals surface area contributed by atoms with Crippen molar-refractivity contribution < 1.29 is 14.7 Å². The van der Waals surface area contributed by atoms with E-state index >= 15 is 0 Å². The molecule has 0 saturated carbocycles. The third-order valence-electron chi connectivity index (χ3n) is 5.69. The number of ketones is 1. The fourth-order valence-corrected chi connectivity index (χ4v) is 4.27. The van der Waals surface area contributed by atoms with Crippen LogP contribution < -0.4 is 4.90 Å². The van der Waals surface area contributed by atoms with E-state index in [2.05, 4.69) is 0 Å². The number of hydrogen-bond acceptors (Lipinski definition) is 3. The molecule has 1 saturated heterocycles. The number of halogens is 1. The fraction of sp³-hybridized carbons (Fsp3) is 0.0370. The maximum atomic E-state index is 13.2. The van der Waals surface area contributed by atoms with Crippen LogP contribution in [-0.2, 0) is 9.59 Å². The number of carbonyl (C=O) groups excluding carboxylic acids is 2. The number of benzene rings is 4. The normalized spacial score (nSPS) is 17.8. The van der Waals surface area contributed by atoms with Gasteiger partial charge < -0.3 is 5.11 Å². The minimum atomic E-state index is -0.760. The van der Waals surface area contributed by atoms with Crippen LogP contribution in [0.15, 0.2) is 103 Å². The molecule has 4 aromatic carbocycles. The average Bonchev–Trinajstić information content (AvgIpc) is 3.10. The van der Waals surface area contributed by atoms with E-state index in [1.54, 1.807) is 30.3 Å². The molecule has 0 aliphatic carbocycles. The van der Waals surface area contributed by atoms with Gasteiger partial charge in [-0.3, -0.25) is 14.5 Å². The molecule has 1 atom stereocenters. The minimum absolute atomic E-state index is 0.0615. The van der Waals surface area contributed by atoms with Gasteiger partial charge in [-0.25, -0.2) is 0 Å². The number of anilines is 1. The van der Waals surface area contributed by atoms with Gasteiger partial charge in [0.15, 0.2) is 0 Å². The second-order valence-electron chi connectivity index (χ2n) is 7.62. The molecular formula is C27H18ClNO3. The first kappa shape index (κ1) is 20.0. The Balaban J connectivity index is 1.72. The Hall–Kier alpha value is -3.89. The quantitative estimate of drug-likeness (QED) is 0.238. The smallest absolute Gasteiger partial charge is 0.300 e. The first-order chi connectivity index (χ1) is 15.5. The van der Waals surface area contributed by atoms with Gasteiger partial charge in [0, 0.05) is 16.3 Å². The molecule has 1 fully saturated rings. The number of fused-ring (bicyclic) bond motifs is 1. The van der Waals surface area contributed by atoms with Gasteiger partial charge >= 0.3 is 0 Å². The van der Waals surface area contributed by atoms with E-state index in [1.165, 1.54) is 4.90 Å². The Kier molecular flexibility index (Phi) is 5.00. The zero-order chi connectivity index (χ0) is 22.2. The molecule has 1 N–H and O–H groups in total. The summed E-state index contributed by atoms with van der Waals surface area (Å²) in [6.45, 7) is 0. The molecule has 1 aliphatic rings. The number of amides is 1. The lowest BCUT2D eigenvalue weighted by Crippen LogP contribution is -2.29. The zero-order valence-corrected chi connectivity index (χ0v) is 17.7. The predicted molar refractivity (Wildman–Crippen MR) is 127 cm³/mol. The number of Topliss-reactive ketones (excluding diaryl/α,β-unsaturated/α-hetero) is 1. The lowest BCUT2D eigenvalue weighted by Gasteiger charge is -2.25. The highest BCUT2D eigenvalue weighted by atomic mass is 35.5. The molecule has 156 valence electrons. The van der Waals surface area contributed by atoms with Crippen LogP contribution in [0, 0.1) is 0 Å². The van der Waals surface area contributed by atoms with E-state index in [4.69, 9.17) is 11.6 Å². The van der Waals surface area contributed by atoms with Crippen LogP contribution in [0.25, 0.3) is 16.5 Å². The van der Waals surface area contributed by atoms with Gasteiger partial charge in [-0.2, -0.15) is 0 Å². The molecule has 5 heteroatoms. The molecule has 0 radical (unpaired) electrons. The lowest BCUT2D eigenvalue weighted by molar-refractivity contribution is -0.132. The van der Waals surface area contributed by atoms with Crippen molar-refractivity contribution in [1.82, 2.24) is 0 Å². The number of carbonyl (C=O) groups is 2. The van der Waals surface area contributed by atoms with Crippen molar-refractivity contribution in [3.63, 3.8) is 0 Å². The maximum Gasteiger partial charge on any atom is 0.300 e. The third kappa shape index (κ3) is 3.35. The van der Waals surface area contributed by atoms with Gasteiger partial charge in [-0.1, -0.05) is 78.3 Å². The van der Waals surface area contributed by atoms with E-state index in [0.717, 1.165) is 16.3 Å². The molecule has 5 rings (SSSR count). The Morgan fingerprint density at radius 1 is 0.781 bits per heavy atom. The molecule has 0 spiro atoms. The van der Waals surface area contributed by atoms with Gasteiger partial charge in [-0.05, 0) is 46.7 Å². The zero-order valence-electron chi connectivity index (χ0n) is 16.9. The minimum Gasteiger partial charge on any atom is -0.507 e. The van der Waals surface area contributed by atoms with E-state index in [9.17, 15) is 14.7 Å². The van der Waals surface area contributed by atoms with Crippen molar-refractivity contribution in [1.29, 1.82) is 0 Å². The summed E-state index contributed by atoms with van der Waals surface area (Å²) in [5, 5.41) is 13.7. The summed E-state index contributed by atoms with van der Waals surface area (Å²) in [6, 6.07) is 28.4. The van der Waals surface area contributed by atoms with Gasteiger partial charge in [0.05, 0.1) is 11.6 Å². The molecule has 1 amide bonds. The van der Waals surface area contributed by atoms with Crippen LogP contribution in [0.4, 0.5) is 5.69 Å². The van der Waals surface area contributed by atoms with E-state index in [-0.39, 0.29) is 11.3 Å². The number of aliphatic hydroxyl groups excluding tert-OH is 1. The van der Waals surface area contributed by atoms with Gasteiger partial charge in [0.25, 0.3) is 11.7 Å². The Labute approximate surface area is 190 Å². The van der Waals surface area contributed by atoms with E-state index in [0.29, 0.717) is 16.3 Å². The van der Waals surface area contributed by atoms with Crippen molar-refractivity contribution in [2.45, 2.75) is 6.04 Å². The van der Waals surface area contributed by atoms with Crippen LogP contribution in [0.2, 0.25) is 5.02 Å². The van der Waals surface area contributed by atoms with Crippen molar-refractivity contribution in [2.75, 3.05) is 4.90 Å². The summed E-state index contributed by atoms with van der Waals surface area (Å²) in [6.07, 6.45) is 0. The molecule has 0 bridgehead atoms. The standard InChI is InChI=1S/C27H18ClNO3/c28-21-12-14-22(15-13-21)29-24(18-7-2-1-3-8-18)23(26(31)27(29)32)25(30)20-11-10-17-6-4-5-9-19(17)16-20/h1-16,24,30H/b25-23-. The van der Waals surface area contributed by atoms with Gasteiger partial charge in [0.1, 0.15) is 5.76 Å². The number of aliphatic hydroxyl groups is 1. The summed E-state index contributed by atoms with van der Waals surface area (Å²) < 4.78 is 0. The van der Waals surface area contributed by atoms with Crippen molar-refractivity contribution in [2.24, 2.45) is 0 Å². The third-order valence-corrected chi connectivity index (χ3v) is 5.94. The highest BCUT2D eigenvalue weighted by molar-refractivity contribution is 6.51. The van der Waals surface area contributed by atoms with Gasteiger partial charge in [0.2, 0.25) is 0 Å². The molecule has 1 aliphatic heterocycles. The molecule has 0 aromatic heterocycles. The summed E-state index contributed by atoms with van der Waals surface area (Å²) >= 11 is 6.02. The van der Waals surface area contributed by atoms with Crippen LogP contribution in [0.3, 0.4) is 0 Å². The Bertz CT molecular complexity index is 1380. The summed E-state index contributed by atoms with van der Waals surface area (Å²) in [7, 11) is 0. The second-order valence-corrected chi connectivity index (χ2v) is 8.05. The lowest BCUT2D eigenvalue weighted by atomic mass is 9.94. The summed E-state index contributed by atoms with van der Waals surface area (Å²) in [5.74, 6) is -1.61. The monoisotopic (exact) mass is 439 g/mol. The maximum absolute atomic E-state index is 13.2. The van der Waals surface area contributed by atoms with Crippen LogP contribution in [0.5, 0.6) is 0 Å². The summed E-state index contributed by atoms with van der Waals surface area (Å²) in [4.78, 5) is 27.7. The van der Waals surface area contributed by atoms with Crippen molar-refractivity contribution in [3.8, 4) is 0 Å². The van der Waals surface area contributed by atoms with Crippen molar-refractivity contribution >= 4 is 45.5 Å². The molecule has 4 aromatic rings. The predicted octanol–water partition coefficient (Wildman–Crippen LogP) is 6.12. The average molecular weight is 440 g/mol. The number of nitrogens with zero attached hydrogens (tertiary/aromatic N) is 1.